The van der Waals surface area contributed by atoms with Crippen LogP contribution in [-0.4, -0.2) is 9.97 Å². The molecule has 0 unspecified atom stereocenters. The van der Waals surface area contributed by atoms with Crippen molar-refractivity contribution in [3.05, 3.63) is 157 Å². The van der Waals surface area contributed by atoms with Crippen LogP contribution in [0.25, 0.3) is 87.9 Å². The number of benzene rings is 6. The second-order valence-corrected chi connectivity index (χ2v) is 12.4. The predicted molar refractivity (Wildman–Crippen MR) is 201 cm³/mol. The Bertz CT molecular complexity index is 2870. The molecule has 10 aromatic rings. The van der Waals surface area contributed by atoms with E-state index in [9.17, 15) is 0 Å². The molecule has 0 N–H and O–H groups in total. The third-order valence-electron chi connectivity index (χ3n) is 9.14. The van der Waals surface area contributed by atoms with E-state index in [1.165, 1.54) is 21.5 Å². The smallest absolute Gasteiger partial charge is 0.139 e. The minimum absolute atomic E-state index is 0. The molecule has 5 heteroatoms. The molecule has 1 radical (unpaired) electrons. The number of pyridine rings is 2. The van der Waals surface area contributed by atoms with Crippen LogP contribution in [-0.2, 0) is 20.1 Å². The van der Waals surface area contributed by atoms with Crippen LogP contribution in [0.5, 0.6) is 0 Å². The van der Waals surface area contributed by atoms with Crippen LogP contribution in [0.15, 0.2) is 149 Å². The van der Waals surface area contributed by atoms with Gasteiger partial charge in [0, 0.05) is 56.1 Å². The van der Waals surface area contributed by atoms with Crippen LogP contribution in [0.1, 0.15) is 26.7 Å². The molecule has 6 aromatic carbocycles. The molecule has 0 aliphatic carbocycles. The van der Waals surface area contributed by atoms with Gasteiger partial charge in [0.25, 0.3) is 0 Å². The van der Waals surface area contributed by atoms with Crippen molar-refractivity contribution in [1.82, 2.24) is 9.97 Å². The van der Waals surface area contributed by atoms with Gasteiger partial charge in [-0.2, -0.15) is 0 Å². The van der Waals surface area contributed by atoms with Crippen molar-refractivity contribution in [1.29, 1.82) is 0 Å². The summed E-state index contributed by atoms with van der Waals surface area (Å²) in [4.78, 5) is 8.92. The Morgan fingerprint density at radius 2 is 1.34 bits per heavy atom. The molecular weight excluding hydrogens is 793 g/mol. The molecule has 50 heavy (non-hydrogen) atoms. The number of rotatable bonds is 3. The van der Waals surface area contributed by atoms with Crippen LogP contribution in [0.3, 0.4) is 0 Å². The Balaban J connectivity index is 0.000000144. The number of fused-ring (bicyclic) bond motifs is 9. The number of nitrogens with zero attached hydrogens (tertiary/aromatic N) is 2. The average molecular weight is 824 g/mol. The summed E-state index contributed by atoms with van der Waals surface area (Å²) >= 11 is 0. The molecule has 0 aliphatic heterocycles. The summed E-state index contributed by atoms with van der Waals surface area (Å²) in [5.41, 5.74) is 7.85. The van der Waals surface area contributed by atoms with Crippen molar-refractivity contribution in [2.45, 2.75) is 19.7 Å². The van der Waals surface area contributed by atoms with Crippen LogP contribution in [0, 0.1) is 12.1 Å². The SMILES string of the molecule is [2H]C(C)(C)c1ccnc(-c2[c-]cc3c(ccc4ccccc43)c2)c1.[Ir].[c-]1ccc2c(oc3cc4oc5ccccc5c4cc32)c1-c1ccccn1. The van der Waals surface area contributed by atoms with E-state index >= 15 is 0 Å². The molecule has 4 aromatic heterocycles. The number of hydrogen-bond donors (Lipinski definition) is 0. The fraction of sp³-hybridized carbons (Fsp3) is 0.0667. The van der Waals surface area contributed by atoms with E-state index in [0.717, 1.165) is 72.0 Å². The van der Waals surface area contributed by atoms with Gasteiger partial charge in [-0.25, -0.2) is 0 Å². The molecule has 0 spiro atoms. The first-order valence-corrected chi connectivity index (χ1v) is 16.3. The van der Waals surface area contributed by atoms with Crippen molar-refractivity contribution in [3.63, 3.8) is 0 Å². The summed E-state index contributed by atoms with van der Waals surface area (Å²) in [7, 11) is 0. The molecule has 10 rings (SSSR count). The molecule has 0 aliphatic rings. The third-order valence-corrected chi connectivity index (χ3v) is 9.14. The Kier molecular flexibility index (Phi) is 7.93. The maximum absolute atomic E-state index is 8.22. The molecular formula is C45H30IrN2O2-2. The Hall–Kier alpha value is -5.61. The molecule has 0 saturated heterocycles. The summed E-state index contributed by atoms with van der Waals surface area (Å²) in [6, 6.07) is 49.5. The molecule has 0 amide bonds. The number of para-hydroxylation sites is 1. The summed E-state index contributed by atoms with van der Waals surface area (Å²) in [6.07, 6.45) is 3.56. The first-order chi connectivity index (χ1) is 24.4. The summed E-state index contributed by atoms with van der Waals surface area (Å²) in [6.45, 7) is 3.78. The normalized spacial score (nSPS) is 11.9. The Labute approximate surface area is 304 Å². The minimum atomic E-state index is -0.634. The van der Waals surface area contributed by atoms with Gasteiger partial charge in [0.05, 0.1) is 5.58 Å². The van der Waals surface area contributed by atoms with Crippen molar-refractivity contribution in [2.24, 2.45) is 0 Å². The molecule has 0 saturated carbocycles. The molecule has 243 valence electrons. The zero-order valence-corrected chi connectivity index (χ0v) is 29.7. The van der Waals surface area contributed by atoms with Gasteiger partial charge >= 0.3 is 0 Å². The largest absolute Gasteiger partial charge is 0.500 e. The van der Waals surface area contributed by atoms with Crippen molar-refractivity contribution in [2.75, 3.05) is 0 Å². The first-order valence-electron chi connectivity index (χ1n) is 16.8. The van der Waals surface area contributed by atoms with Crippen LogP contribution in [0.2, 0.25) is 0 Å². The van der Waals surface area contributed by atoms with E-state index in [-0.39, 0.29) is 20.1 Å². The molecule has 0 atom stereocenters. The van der Waals surface area contributed by atoms with Crippen molar-refractivity contribution >= 4 is 65.4 Å². The number of furan rings is 2. The maximum atomic E-state index is 8.22. The summed E-state index contributed by atoms with van der Waals surface area (Å²) in [5, 5.41) is 9.22. The Morgan fingerprint density at radius 3 is 2.20 bits per heavy atom. The zero-order chi connectivity index (χ0) is 33.8. The van der Waals surface area contributed by atoms with Gasteiger partial charge in [0.1, 0.15) is 16.7 Å². The minimum Gasteiger partial charge on any atom is -0.500 e. The van der Waals surface area contributed by atoms with Gasteiger partial charge in [0.15, 0.2) is 0 Å². The average Bonchev–Trinajstić information content (AvgIpc) is 3.71. The van der Waals surface area contributed by atoms with E-state index < -0.39 is 5.89 Å². The molecule has 0 fully saturated rings. The fourth-order valence-corrected chi connectivity index (χ4v) is 6.64. The third kappa shape index (κ3) is 5.55. The van der Waals surface area contributed by atoms with Crippen LogP contribution < -0.4 is 0 Å². The van der Waals surface area contributed by atoms with Gasteiger partial charge in [-0.15, -0.1) is 47.3 Å². The standard InChI is InChI=1S/C23H12NO2.C22H18N.Ir/c1-2-10-20-14(6-1)17-12-18-15-7-5-8-16(19-9-3-4-11-24-19)23(15)26-22(18)13-21(17)25-20;1-15(2)17-11-12-23-22(14-17)19-9-10-21-18(13-19)8-7-16-5-3-4-6-20(16)21;/h1-7,9-13H;3-8,10-15H,1-2H3;/q2*-1;/i;15D;. The zero-order valence-electron chi connectivity index (χ0n) is 28.3. The number of hydrogen-bond acceptors (Lipinski definition) is 4. The second kappa shape index (κ2) is 13.0. The monoisotopic (exact) mass is 824 g/mol. The topological polar surface area (TPSA) is 52.1 Å². The number of aromatic nitrogens is 2. The summed E-state index contributed by atoms with van der Waals surface area (Å²) in [5.74, 6) is -0.634. The van der Waals surface area contributed by atoms with E-state index in [1.54, 1.807) is 12.4 Å². The van der Waals surface area contributed by atoms with E-state index in [0.29, 0.717) is 0 Å². The van der Waals surface area contributed by atoms with Gasteiger partial charge in [0.2, 0.25) is 0 Å². The van der Waals surface area contributed by atoms with Gasteiger partial charge in [-0.3, -0.25) is 0 Å². The second-order valence-electron chi connectivity index (χ2n) is 12.4. The van der Waals surface area contributed by atoms with Crippen LogP contribution in [0.4, 0.5) is 0 Å². The fourth-order valence-electron chi connectivity index (χ4n) is 6.64. The van der Waals surface area contributed by atoms with E-state index in [2.05, 4.69) is 76.7 Å². The molecule has 4 heterocycles. The quantitative estimate of drug-likeness (QED) is 0.132. The first kappa shape index (κ1) is 30.4. The van der Waals surface area contributed by atoms with Gasteiger partial charge in [-0.05, 0) is 46.9 Å². The molecule has 4 nitrogen and oxygen atoms in total. The van der Waals surface area contributed by atoms with Crippen molar-refractivity contribution < 1.29 is 30.3 Å². The summed E-state index contributed by atoms with van der Waals surface area (Å²) < 4.78 is 20.4. The van der Waals surface area contributed by atoms with E-state index in [1.807, 2.05) is 86.6 Å². The van der Waals surface area contributed by atoms with Gasteiger partial charge in [-0.1, -0.05) is 114 Å². The maximum Gasteiger partial charge on any atom is 0.139 e. The van der Waals surface area contributed by atoms with Crippen LogP contribution >= 0.6 is 0 Å². The van der Waals surface area contributed by atoms with Crippen molar-refractivity contribution in [3.8, 4) is 22.5 Å². The molecule has 0 bridgehead atoms. The predicted octanol–water partition coefficient (Wildman–Crippen LogP) is 12.3. The van der Waals surface area contributed by atoms with Gasteiger partial charge < -0.3 is 18.8 Å². The Morgan fingerprint density at radius 1 is 0.580 bits per heavy atom. The van der Waals surface area contributed by atoms with E-state index in [4.69, 9.17) is 10.2 Å².